The summed E-state index contributed by atoms with van der Waals surface area (Å²) in [5, 5.41) is 12.4. The lowest BCUT2D eigenvalue weighted by molar-refractivity contribution is -0.274. The maximum absolute atomic E-state index is 14.0. The lowest BCUT2D eigenvalue weighted by atomic mass is 10.0. The van der Waals surface area contributed by atoms with Crippen LogP contribution in [0.5, 0.6) is 5.75 Å². The SMILES string of the molecule is CC(C)[C@@H](C(=O)N1CC2(C[C@H]1c1ncc(-c3ccc(-c4ccc(NC(=O)c5ccc(N6CCN(C(=O)[C@H]7CC7(C)C)C[C@H]6C)nc5)cc4OC(F)(F)F)cc3)[nH]1)OCCO2)N(C)C(=O)O. The fourth-order valence-corrected chi connectivity index (χ4v) is 9.24. The number of aromatic nitrogens is 3. The number of hydrogen-bond donors (Lipinski definition) is 3. The molecule has 4 aliphatic rings. The summed E-state index contributed by atoms with van der Waals surface area (Å²) in [5.41, 5.74) is 2.04. The van der Waals surface area contributed by atoms with Crippen molar-refractivity contribution in [3.05, 3.63) is 78.4 Å². The van der Waals surface area contributed by atoms with Crippen LogP contribution in [0.1, 0.15) is 69.7 Å². The topological polar surface area (TPSA) is 183 Å². The Bertz CT molecular complexity index is 2440. The molecule has 4 aromatic rings. The second-order valence-corrected chi connectivity index (χ2v) is 18.3. The third-order valence-electron chi connectivity index (χ3n) is 12.9. The number of imidazole rings is 1. The second-order valence-electron chi connectivity index (χ2n) is 18.3. The maximum Gasteiger partial charge on any atom is 0.573 e. The van der Waals surface area contributed by atoms with Gasteiger partial charge in [0.15, 0.2) is 5.79 Å². The number of carbonyl (C=O) groups excluding carboxylic acids is 3. The first-order valence-electron chi connectivity index (χ1n) is 21.6. The van der Waals surface area contributed by atoms with Gasteiger partial charge in [0, 0.05) is 68.6 Å². The zero-order chi connectivity index (χ0) is 46.6. The number of likely N-dealkylation sites (tertiary alicyclic amines) is 1. The Morgan fingerprint density at radius 1 is 0.969 bits per heavy atom. The minimum Gasteiger partial charge on any atom is -0.465 e. The molecule has 2 aromatic heterocycles. The molecule has 3 saturated heterocycles. The number of carbonyl (C=O) groups is 4. The highest BCUT2D eigenvalue weighted by molar-refractivity contribution is 6.04. The Morgan fingerprint density at radius 3 is 2.26 bits per heavy atom. The molecule has 4 atom stereocenters. The molecule has 1 saturated carbocycles. The van der Waals surface area contributed by atoms with Crippen molar-refractivity contribution in [2.24, 2.45) is 17.3 Å². The van der Waals surface area contributed by atoms with Crippen molar-refractivity contribution < 1.29 is 51.7 Å². The summed E-state index contributed by atoms with van der Waals surface area (Å²) in [6.45, 7) is 12.3. The largest absolute Gasteiger partial charge is 0.573 e. The Balaban J connectivity index is 0.954. The number of pyridine rings is 1. The van der Waals surface area contributed by atoms with Crippen molar-refractivity contribution in [3.63, 3.8) is 0 Å². The van der Waals surface area contributed by atoms with Crippen LogP contribution >= 0.6 is 0 Å². The average Bonchev–Trinajstić information content (AvgIpc) is 3.71. The number of rotatable bonds is 11. The smallest absolute Gasteiger partial charge is 0.465 e. The summed E-state index contributed by atoms with van der Waals surface area (Å²) in [6, 6.07) is 12.4. The number of anilines is 2. The van der Waals surface area contributed by atoms with Gasteiger partial charge < -0.3 is 44.3 Å². The predicted octanol–water partition coefficient (Wildman–Crippen LogP) is 7.02. The van der Waals surface area contributed by atoms with Crippen LogP contribution in [0.25, 0.3) is 22.4 Å². The van der Waals surface area contributed by atoms with Crippen LogP contribution in [0.15, 0.2) is 67.0 Å². The number of hydrogen-bond acceptors (Lipinski definition) is 10. The van der Waals surface area contributed by atoms with E-state index >= 15 is 0 Å². The number of nitrogens with one attached hydrogen (secondary N) is 2. The van der Waals surface area contributed by atoms with Gasteiger partial charge in [-0.3, -0.25) is 19.3 Å². The van der Waals surface area contributed by atoms with E-state index in [4.69, 9.17) is 9.47 Å². The summed E-state index contributed by atoms with van der Waals surface area (Å²) in [5.74, 6) is -1.59. The number of aromatic amines is 1. The number of amides is 4. The van der Waals surface area contributed by atoms with Gasteiger partial charge in [-0.1, -0.05) is 52.0 Å². The molecule has 3 aliphatic heterocycles. The lowest BCUT2D eigenvalue weighted by Crippen LogP contribution is -2.54. The number of nitrogens with zero attached hydrogens (tertiary/aromatic N) is 6. The molecular weight excluding hydrogens is 850 g/mol. The number of benzene rings is 2. The summed E-state index contributed by atoms with van der Waals surface area (Å²) >= 11 is 0. The number of ether oxygens (including phenoxy) is 3. The van der Waals surface area contributed by atoms with E-state index in [-0.39, 0.29) is 59.0 Å². The highest BCUT2D eigenvalue weighted by atomic mass is 19.4. The van der Waals surface area contributed by atoms with Gasteiger partial charge in [-0.2, -0.15) is 0 Å². The Kier molecular flexibility index (Phi) is 12.1. The van der Waals surface area contributed by atoms with E-state index in [0.717, 1.165) is 17.4 Å². The molecular formula is C46H53F3N8O8. The Labute approximate surface area is 374 Å². The van der Waals surface area contributed by atoms with E-state index in [9.17, 15) is 37.5 Å². The number of alkyl halides is 3. The van der Waals surface area contributed by atoms with Crippen LogP contribution in [-0.4, -0.2) is 129 Å². The van der Waals surface area contributed by atoms with Crippen LogP contribution in [0, 0.1) is 17.3 Å². The van der Waals surface area contributed by atoms with Crippen molar-refractivity contribution in [1.29, 1.82) is 0 Å². The third-order valence-corrected chi connectivity index (χ3v) is 12.9. The van der Waals surface area contributed by atoms with Crippen molar-refractivity contribution in [2.45, 2.75) is 77.7 Å². The fraction of sp³-hybridized carbons (Fsp3) is 0.478. The molecule has 0 radical (unpaired) electrons. The van der Waals surface area contributed by atoms with Gasteiger partial charge in [0.25, 0.3) is 5.91 Å². The highest BCUT2D eigenvalue weighted by Crippen LogP contribution is 2.52. The average molecular weight is 903 g/mol. The van der Waals surface area contributed by atoms with Crippen LogP contribution < -0.4 is 15.0 Å². The number of likely N-dealkylation sites (N-methyl/N-ethyl adjacent to an activating group) is 1. The van der Waals surface area contributed by atoms with Crippen molar-refractivity contribution >= 4 is 35.3 Å². The monoisotopic (exact) mass is 902 g/mol. The van der Waals surface area contributed by atoms with E-state index < -0.39 is 47.9 Å². The molecule has 1 aliphatic carbocycles. The molecule has 1 spiro atoms. The van der Waals surface area contributed by atoms with Crippen LogP contribution in [-0.2, 0) is 19.1 Å². The molecule has 8 rings (SSSR count). The summed E-state index contributed by atoms with van der Waals surface area (Å²) < 4.78 is 57.7. The zero-order valence-electron chi connectivity index (χ0n) is 37.0. The summed E-state index contributed by atoms with van der Waals surface area (Å²) in [7, 11) is 1.36. The van der Waals surface area contributed by atoms with Crippen molar-refractivity contribution in [3.8, 4) is 28.1 Å². The zero-order valence-corrected chi connectivity index (χ0v) is 37.0. The lowest BCUT2D eigenvalue weighted by Gasteiger charge is -2.40. The summed E-state index contributed by atoms with van der Waals surface area (Å²) in [4.78, 5) is 71.2. The Hall–Kier alpha value is -6.21. The fourth-order valence-electron chi connectivity index (χ4n) is 9.24. The molecule has 2 aromatic carbocycles. The predicted molar refractivity (Wildman–Crippen MR) is 232 cm³/mol. The molecule has 0 bridgehead atoms. The molecule has 4 fully saturated rings. The van der Waals surface area contributed by atoms with E-state index in [1.807, 2.05) is 11.8 Å². The van der Waals surface area contributed by atoms with E-state index in [1.165, 1.54) is 25.4 Å². The maximum atomic E-state index is 14.0. The van der Waals surface area contributed by atoms with Gasteiger partial charge >= 0.3 is 12.5 Å². The van der Waals surface area contributed by atoms with Gasteiger partial charge in [0.2, 0.25) is 11.8 Å². The van der Waals surface area contributed by atoms with Gasteiger partial charge in [-0.25, -0.2) is 14.8 Å². The van der Waals surface area contributed by atoms with Gasteiger partial charge in [-0.05, 0) is 60.1 Å². The van der Waals surface area contributed by atoms with Crippen LogP contribution in [0.3, 0.4) is 0 Å². The normalized spacial score (nSPS) is 21.7. The highest BCUT2D eigenvalue weighted by Gasteiger charge is 2.54. The first-order chi connectivity index (χ1) is 30.7. The van der Waals surface area contributed by atoms with Crippen LogP contribution in [0.4, 0.5) is 29.5 Å². The number of piperazine rings is 1. The first kappa shape index (κ1) is 45.4. The molecule has 346 valence electrons. The van der Waals surface area contributed by atoms with Gasteiger partial charge in [0.05, 0.1) is 43.3 Å². The van der Waals surface area contributed by atoms with E-state index in [0.29, 0.717) is 61.3 Å². The molecule has 3 N–H and O–H groups in total. The number of halogens is 3. The number of carboxylic acid groups (broad SMARTS) is 1. The molecule has 4 amide bonds. The van der Waals surface area contributed by atoms with Crippen molar-refractivity contribution in [1.82, 2.24) is 29.7 Å². The van der Waals surface area contributed by atoms with Gasteiger partial charge in [-0.15, -0.1) is 13.2 Å². The second kappa shape index (κ2) is 17.3. The minimum absolute atomic E-state index is 0.00388. The minimum atomic E-state index is -5.03. The number of H-pyrrole nitrogens is 1. The third kappa shape index (κ3) is 9.47. The standard InChI is InChI=1S/C46H53F3N8O8/c1-26(2)38(54(6)43(61)62)42(60)57-25-45(63-17-18-64-45)21-35(57)39-51-23-34(53-39)29-9-7-28(8-10-29)32-13-12-31(19-36(32)65-46(47,48)49)52-40(58)30-11-14-37(50-22-30)56-16-15-55(24-27(56)3)41(59)33-20-44(33,4)5/h7-14,19,22-23,26-27,33,35,38H,15-18,20-21,24-25H2,1-6H3,(H,51,53)(H,52,58)(H,61,62)/t27-,33-,35+,38+/m1/s1. The van der Waals surface area contributed by atoms with E-state index in [1.54, 1.807) is 61.3 Å². The van der Waals surface area contributed by atoms with Crippen LogP contribution in [0.2, 0.25) is 0 Å². The summed E-state index contributed by atoms with van der Waals surface area (Å²) in [6.07, 6.45) is -2.12. The van der Waals surface area contributed by atoms with E-state index in [2.05, 4.69) is 43.8 Å². The quantitative estimate of drug-likeness (QED) is 0.141. The molecule has 0 unspecified atom stereocenters. The molecule has 19 heteroatoms. The molecule has 5 heterocycles. The first-order valence-corrected chi connectivity index (χ1v) is 21.6. The molecule has 65 heavy (non-hydrogen) atoms. The Morgan fingerprint density at radius 2 is 1.66 bits per heavy atom. The molecule has 16 nitrogen and oxygen atoms in total. The van der Waals surface area contributed by atoms with Crippen molar-refractivity contribution in [2.75, 3.05) is 56.7 Å². The van der Waals surface area contributed by atoms with Gasteiger partial charge in [0.1, 0.15) is 23.4 Å².